The van der Waals surface area contributed by atoms with Crippen LogP contribution in [0.5, 0.6) is 0 Å². The van der Waals surface area contributed by atoms with E-state index in [9.17, 15) is 9.90 Å². The van der Waals surface area contributed by atoms with Crippen molar-refractivity contribution in [3.05, 3.63) is 28.8 Å². The predicted molar refractivity (Wildman–Crippen MR) is 66.7 cm³/mol. The summed E-state index contributed by atoms with van der Waals surface area (Å²) in [6.07, 6.45) is -1.42. The van der Waals surface area contributed by atoms with Crippen LogP contribution < -0.4 is 5.73 Å². The number of carbonyl (C=O) groups is 1. The lowest BCUT2D eigenvalue weighted by atomic mass is 10.1. The third-order valence-corrected chi connectivity index (χ3v) is 2.21. The Hall–Kier alpha value is -1.26. The average molecular weight is 258 g/mol. The fourth-order valence-corrected chi connectivity index (χ4v) is 1.45. The monoisotopic (exact) mass is 257 g/mol. The molecule has 1 aromatic rings. The number of aliphatic hydroxyl groups is 1. The second-order valence-corrected chi connectivity index (χ2v) is 5.15. The predicted octanol–water partition coefficient (Wildman–Crippen LogP) is 2.30. The second kappa shape index (κ2) is 4.94. The van der Waals surface area contributed by atoms with Crippen LogP contribution in [0.4, 0.5) is 5.69 Å². The van der Waals surface area contributed by atoms with E-state index in [1.165, 1.54) is 12.1 Å². The molecule has 0 aliphatic carbocycles. The maximum atomic E-state index is 11.7. The molecule has 0 saturated heterocycles. The number of nitrogen functional groups attached to an aromatic ring is 1. The highest BCUT2D eigenvalue weighted by molar-refractivity contribution is 6.30. The maximum absolute atomic E-state index is 11.7. The molecular weight excluding hydrogens is 242 g/mol. The standard InChI is InChI=1S/C12H16ClNO3/c1-12(2,3)17-11(16)10(15)8-6-7(13)4-5-9(8)14/h4-6,10,15H,14H2,1-3H3/t10-/m0/s1. The summed E-state index contributed by atoms with van der Waals surface area (Å²) in [4.78, 5) is 11.7. The summed E-state index contributed by atoms with van der Waals surface area (Å²) >= 11 is 5.78. The number of hydrogen-bond donors (Lipinski definition) is 2. The van der Waals surface area contributed by atoms with E-state index in [1.807, 2.05) is 0 Å². The fourth-order valence-electron chi connectivity index (χ4n) is 1.27. The van der Waals surface area contributed by atoms with Crippen molar-refractivity contribution in [2.45, 2.75) is 32.5 Å². The minimum absolute atomic E-state index is 0.256. The van der Waals surface area contributed by atoms with Gasteiger partial charge >= 0.3 is 5.97 Å². The molecule has 0 amide bonds. The van der Waals surface area contributed by atoms with E-state index in [0.717, 1.165) is 0 Å². The van der Waals surface area contributed by atoms with Crippen molar-refractivity contribution in [2.24, 2.45) is 0 Å². The van der Waals surface area contributed by atoms with Crippen LogP contribution in [0.15, 0.2) is 18.2 Å². The molecule has 17 heavy (non-hydrogen) atoms. The van der Waals surface area contributed by atoms with Crippen LogP contribution in [0.1, 0.15) is 32.4 Å². The molecule has 0 aliphatic heterocycles. The van der Waals surface area contributed by atoms with Crippen LogP contribution in [-0.4, -0.2) is 16.7 Å². The second-order valence-electron chi connectivity index (χ2n) is 4.71. The molecule has 3 N–H and O–H groups in total. The number of aliphatic hydroxyl groups excluding tert-OH is 1. The number of carbonyl (C=O) groups excluding carboxylic acids is 1. The van der Waals surface area contributed by atoms with Gasteiger partial charge in [0.2, 0.25) is 0 Å². The van der Waals surface area contributed by atoms with E-state index >= 15 is 0 Å². The van der Waals surface area contributed by atoms with Crippen LogP contribution in [0, 0.1) is 0 Å². The number of hydrogen-bond acceptors (Lipinski definition) is 4. The first-order chi connectivity index (χ1) is 7.70. The number of nitrogens with two attached hydrogens (primary N) is 1. The Kier molecular flexibility index (Phi) is 4.01. The first kappa shape index (κ1) is 13.8. The summed E-state index contributed by atoms with van der Waals surface area (Å²) < 4.78 is 5.06. The number of anilines is 1. The summed E-state index contributed by atoms with van der Waals surface area (Å²) in [5.74, 6) is -0.744. The van der Waals surface area contributed by atoms with Gasteiger partial charge in [-0.05, 0) is 39.0 Å². The summed E-state index contributed by atoms with van der Waals surface area (Å²) in [6, 6.07) is 4.57. The molecule has 0 unspecified atom stereocenters. The van der Waals surface area contributed by atoms with Crippen molar-refractivity contribution in [3.8, 4) is 0 Å². The lowest BCUT2D eigenvalue weighted by molar-refractivity contribution is -0.165. The topological polar surface area (TPSA) is 72.5 Å². The summed E-state index contributed by atoms with van der Waals surface area (Å²) in [7, 11) is 0. The third kappa shape index (κ3) is 3.91. The lowest BCUT2D eigenvalue weighted by Crippen LogP contribution is -2.28. The van der Waals surface area contributed by atoms with Gasteiger partial charge in [0.1, 0.15) is 5.60 Å². The van der Waals surface area contributed by atoms with Crippen LogP contribution >= 0.6 is 11.6 Å². The summed E-state index contributed by atoms with van der Waals surface area (Å²) in [5.41, 5.74) is 5.56. The lowest BCUT2D eigenvalue weighted by Gasteiger charge is -2.22. The van der Waals surface area contributed by atoms with E-state index in [1.54, 1.807) is 26.8 Å². The van der Waals surface area contributed by atoms with Gasteiger partial charge in [0.25, 0.3) is 0 Å². The molecule has 1 atom stereocenters. The first-order valence-corrected chi connectivity index (χ1v) is 5.54. The average Bonchev–Trinajstić information content (AvgIpc) is 2.18. The SMILES string of the molecule is CC(C)(C)OC(=O)[C@@H](O)c1cc(Cl)ccc1N. The molecule has 4 nitrogen and oxygen atoms in total. The molecule has 0 fully saturated rings. The van der Waals surface area contributed by atoms with Crippen molar-refractivity contribution in [3.63, 3.8) is 0 Å². The molecule has 0 saturated carbocycles. The van der Waals surface area contributed by atoms with Crippen LogP contribution in [-0.2, 0) is 9.53 Å². The van der Waals surface area contributed by atoms with Gasteiger partial charge in [-0.1, -0.05) is 11.6 Å². The van der Waals surface area contributed by atoms with E-state index < -0.39 is 17.7 Å². The number of esters is 1. The van der Waals surface area contributed by atoms with Gasteiger partial charge in [-0.3, -0.25) is 0 Å². The first-order valence-electron chi connectivity index (χ1n) is 5.16. The Morgan fingerprint density at radius 2 is 2.06 bits per heavy atom. The molecule has 0 aliphatic rings. The normalized spacial score (nSPS) is 13.2. The Balaban J connectivity index is 2.92. The van der Waals surface area contributed by atoms with Gasteiger partial charge in [0.15, 0.2) is 6.10 Å². The van der Waals surface area contributed by atoms with E-state index in [-0.39, 0.29) is 5.56 Å². The van der Waals surface area contributed by atoms with Crippen molar-refractivity contribution in [2.75, 3.05) is 5.73 Å². The largest absolute Gasteiger partial charge is 0.458 e. The Bertz CT molecular complexity index is 426. The molecule has 0 heterocycles. The molecule has 0 radical (unpaired) electrons. The Morgan fingerprint density at radius 3 is 2.59 bits per heavy atom. The van der Waals surface area contributed by atoms with Gasteiger partial charge in [-0.25, -0.2) is 4.79 Å². The quantitative estimate of drug-likeness (QED) is 0.630. The van der Waals surface area contributed by atoms with Crippen molar-refractivity contribution >= 4 is 23.3 Å². The zero-order valence-electron chi connectivity index (χ0n) is 10.0. The van der Waals surface area contributed by atoms with Gasteiger partial charge < -0.3 is 15.6 Å². The summed E-state index contributed by atoms with van der Waals surface area (Å²) in [6.45, 7) is 5.16. The zero-order chi connectivity index (χ0) is 13.2. The molecule has 94 valence electrons. The smallest absolute Gasteiger partial charge is 0.340 e. The molecule has 0 aromatic heterocycles. The van der Waals surface area contributed by atoms with Crippen molar-refractivity contribution < 1.29 is 14.6 Å². The Morgan fingerprint density at radius 1 is 1.47 bits per heavy atom. The minimum atomic E-state index is -1.42. The highest BCUT2D eigenvalue weighted by Crippen LogP contribution is 2.26. The van der Waals surface area contributed by atoms with Crippen LogP contribution in [0.3, 0.4) is 0 Å². The molecule has 1 aromatic carbocycles. The van der Waals surface area contributed by atoms with Crippen LogP contribution in [0.25, 0.3) is 0 Å². The zero-order valence-corrected chi connectivity index (χ0v) is 10.8. The highest BCUT2D eigenvalue weighted by Gasteiger charge is 2.26. The van der Waals surface area contributed by atoms with Crippen LogP contribution in [0.2, 0.25) is 5.02 Å². The maximum Gasteiger partial charge on any atom is 0.340 e. The molecule has 0 spiro atoms. The number of halogens is 1. The fraction of sp³-hybridized carbons (Fsp3) is 0.417. The number of ether oxygens (including phenoxy) is 1. The molecular formula is C12H16ClNO3. The van der Waals surface area contributed by atoms with E-state index in [2.05, 4.69) is 0 Å². The number of benzene rings is 1. The van der Waals surface area contributed by atoms with E-state index in [0.29, 0.717) is 10.7 Å². The molecule has 1 rings (SSSR count). The molecule has 5 heteroatoms. The van der Waals surface area contributed by atoms with Crippen molar-refractivity contribution in [1.29, 1.82) is 0 Å². The highest BCUT2D eigenvalue weighted by atomic mass is 35.5. The van der Waals surface area contributed by atoms with Gasteiger partial charge in [-0.2, -0.15) is 0 Å². The van der Waals surface area contributed by atoms with Gasteiger partial charge in [0, 0.05) is 16.3 Å². The minimum Gasteiger partial charge on any atom is -0.458 e. The number of rotatable bonds is 2. The van der Waals surface area contributed by atoms with Gasteiger partial charge in [-0.15, -0.1) is 0 Å². The molecule has 0 bridgehead atoms. The Labute approximate surface area is 105 Å². The third-order valence-electron chi connectivity index (χ3n) is 1.97. The van der Waals surface area contributed by atoms with Crippen molar-refractivity contribution in [1.82, 2.24) is 0 Å². The van der Waals surface area contributed by atoms with Gasteiger partial charge in [0.05, 0.1) is 0 Å². The summed E-state index contributed by atoms with van der Waals surface area (Å²) in [5, 5.41) is 10.2. The van der Waals surface area contributed by atoms with E-state index in [4.69, 9.17) is 22.1 Å².